The molecule has 0 fully saturated rings. The van der Waals surface area contributed by atoms with Crippen LogP contribution in [0.15, 0.2) is 23.8 Å². The van der Waals surface area contributed by atoms with Gasteiger partial charge in [-0.25, -0.2) is 0 Å². The van der Waals surface area contributed by atoms with Gasteiger partial charge in [0.05, 0.1) is 13.2 Å². The Labute approximate surface area is 61.8 Å². The SMILES string of the molecule is COC/C=C(C)/C=C/CO. The molecule has 0 saturated heterocycles. The quantitative estimate of drug-likeness (QED) is 0.596. The van der Waals surface area contributed by atoms with Crippen LogP contribution in [0, 0.1) is 0 Å². The second-order valence-electron chi connectivity index (χ2n) is 1.99. The minimum absolute atomic E-state index is 0.0954. The Morgan fingerprint density at radius 2 is 2.30 bits per heavy atom. The van der Waals surface area contributed by atoms with Gasteiger partial charge in [-0.1, -0.05) is 23.8 Å². The van der Waals surface area contributed by atoms with E-state index in [4.69, 9.17) is 9.84 Å². The molecule has 2 heteroatoms. The molecule has 58 valence electrons. The van der Waals surface area contributed by atoms with Crippen molar-refractivity contribution in [2.24, 2.45) is 0 Å². The molecule has 2 nitrogen and oxygen atoms in total. The highest BCUT2D eigenvalue weighted by Gasteiger charge is 1.78. The Balaban J connectivity index is 3.59. The summed E-state index contributed by atoms with van der Waals surface area (Å²) in [5.74, 6) is 0. The van der Waals surface area contributed by atoms with Crippen LogP contribution in [0.2, 0.25) is 0 Å². The summed E-state index contributed by atoms with van der Waals surface area (Å²) in [4.78, 5) is 0. The third-order valence-corrected chi connectivity index (χ3v) is 1.06. The van der Waals surface area contributed by atoms with Gasteiger partial charge in [0, 0.05) is 7.11 Å². The monoisotopic (exact) mass is 142 g/mol. The molecule has 0 aliphatic heterocycles. The van der Waals surface area contributed by atoms with E-state index in [9.17, 15) is 0 Å². The molecule has 0 aromatic carbocycles. The molecule has 0 aromatic heterocycles. The number of allylic oxidation sites excluding steroid dienone is 2. The summed E-state index contributed by atoms with van der Waals surface area (Å²) in [5, 5.41) is 8.40. The molecule has 0 rings (SSSR count). The van der Waals surface area contributed by atoms with Gasteiger partial charge in [0.25, 0.3) is 0 Å². The van der Waals surface area contributed by atoms with E-state index in [1.807, 2.05) is 19.1 Å². The summed E-state index contributed by atoms with van der Waals surface area (Å²) in [7, 11) is 1.65. The van der Waals surface area contributed by atoms with Crippen molar-refractivity contribution in [1.82, 2.24) is 0 Å². The summed E-state index contributed by atoms with van der Waals surface area (Å²) in [6, 6.07) is 0. The molecule has 1 N–H and O–H groups in total. The highest BCUT2D eigenvalue weighted by atomic mass is 16.5. The summed E-state index contributed by atoms with van der Waals surface area (Å²) >= 11 is 0. The Bertz CT molecular complexity index is 125. The smallest absolute Gasteiger partial charge is 0.0649 e. The van der Waals surface area contributed by atoms with Gasteiger partial charge >= 0.3 is 0 Å². The lowest BCUT2D eigenvalue weighted by atomic mass is 10.2. The van der Waals surface area contributed by atoms with Crippen LogP contribution < -0.4 is 0 Å². The van der Waals surface area contributed by atoms with Crippen LogP contribution in [0.3, 0.4) is 0 Å². The molecule has 0 aliphatic carbocycles. The predicted octanol–water partition coefficient (Wildman–Crippen LogP) is 1.13. The predicted molar refractivity (Wildman–Crippen MR) is 41.9 cm³/mol. The van der Waals surface area contributed by atoms with E-state index >= 15 is 0 Å². The van der Waals surface area contributed by atoms with E-state index in [0.29, 0.717) is 6.61 Å². The summed E-state index contributed by atoms with van der Waals surface area (Å²) in [6.45, 7) is 2.69. The average molecular weight is 142 g/mol. The van der Waals surface area contributed by atoms with Gasteiger partial charge in [0.1, 0.15) is 0 Å². The minimum Gasteiger partial charge on any atom is -0.392 e. The van der Waals surface area contributed by atoms with Gasteiger partial charge in [-0.05, 0) is 6.92 Å². The summed E-state index contributed by atoms with van der Waals surface area (Å²) < 4.78 is 4.82. The molecule has 0 bridgehead atoms. The zero-order valence-electron chi connectivity index (χ0n) is 6.50. The lowest BCUT2D eigenvalue weighted by molar-refractivity contribution is 0.233. The highest BCUT2D eigenvalue weighted by molar-refractivity contribution is 5.15. The van der Waals surface area contributed by atoms with Crippen molar-refractivity contribution in [3.8, 4) is 0 Å². The normalized spacial score (nSPS) is 12.9. The van der Waals surface area contributed by atoms with E-state index in [2.05, 4.69) is 0 Å². The first kappa shape index (κ1) is 9.40. The number of hydrogen-bond donors (Lipinski definition) is 1. The molecular formula is C8H14O2. The van der Waals surface area contributed by atoms with Crippen molar-refractivity contribution in [2.75, 3.05) is 20.3 Å². The van der Waals surface area contributed by atoms with E-state index in [-0.39, 0.29) is 6.61 Å². The first-order valence-electron chi connectivity index (χ1n) is 3.24. The maximum atomic E-state index is 8.40. The molecule has 0 spiro atoms. The molecule has 10 heavy (non-hydrogen) atoms. The summed E-state index contributed by atoms with van der Waals surface area (Å²) in [6.07, 6.45) is 5.51. The molecule has 0 saturated carbocycles. The van der Waals surface area contributed by atoms with E-state index in [1.54, 1.807) is 13.2 Å². The van der Waals surface area contributed by atoms with Crippen LogP contribution in [-0.2, 0) is 4.74 Å². The lowest BCUT2D eigenvalue weighted by Gasteiger charge is -1.91. The first-order chi connectivity index (χ1) is 4.81. The zero-order valence-corrected chi connectivity index (χ0v) is 6.50. The van der Waals surface area contributed by atoms with Gasteiger partial charge in [0.15, 0.2) is 0 Å². The Morgan fingerprint density at radius 3 is 2.80 bits per heavy atom. The minimum atomic E-state index is 0.0954. The second kappa shape index (κ2) is 6.52. The maximum Gasteiger partial charge on any atom is 0.0649 e. The van der Waals surface area contributed by atoms with Gasteiger partial charge in [0.2, 0.25) is 0 Å². The van der Waals surface area contributed by atoms with Crippen molar-refractivity contribution < 1.29 is 9.84 Å². The fraction of sp³-hybridized carbons (Fsp3) is 0.500. The second-order valence-corrected chi connectivity index (χ2v) is 1.99. The van der Waals surface area contributed by atoms with Crippen LogP contribution in [0.5, 0.6) is 0 Å². The van der Waals surface area contributed by atoms with Crippen molar-refractivity contribution >= 4 is 0 Å². The van der Waals surface area contributed by atoms with Gasteiger partial charge < -0.3 is 9.84 Å². The number of hydrogen-bond acceptors (Lipinski definition) is 2. The van der Waals surface area contributed by atoms with Crippen molar-refractivity contribution in [3.05, 3.63) is 23.8 Å². The lowest BCUT2D eigenvalue weighted by Crippen LogP contribution is -1.82. The molecule has 0 aromatic rings. The van der Waals surface area contributed by atoms with Gasteiger partial charge in [-0.15, -0.1) is 0 Å². The molecule has 0 heterocycles. The topological polar surface area (TPSA) is 29.5 Å². The molecule has 0 radical (unpaired) electrons. The van der Waals surface area contributed by atoms with Crippen LogP contribution in [0.1, 0.15) is 6.92 Å². The molecule has 0 atom stereocenters. The largest absolute Gasteiger partial charge is 0.392 e. The van der Waals surface area contributed by atoms with Crippen molar-refractivity contribution in [2.45, 2.75) is 6.92 Å². The van der Waals surface area contributed by atoms with Gasteiger partial charge in [-0.3, -0.25) is 0 Å². The van der Waals surface area contributed by atoms with E-state index in [1.165, 1.54) is 0 Å². The van der Waals surface area contributed by atoms with Crippen LogP contribution >= 0.6 is 0 Å². The number of ether oxygens (including phenoxy) is 1. The fourth-order valence-electron chi connectivity index (χ4n) is 0.521. The third-order valence-electron chi connectivity index (χ3n) is 1.06. The van der Waals surface area contributed by atoms with Crippen LogP contribution in [0.4, 0.5) is 0 Å². The maximum absolute atomic E-state index is 8.40. The van der Waals surface area contributed by atoms with Crippen LogP contribution in [-0.4, -0.2) is 25.4 Å². The number of aliphatic hydroxyl groups is 1. The number of rotatable bonds is 4. The van der Waals surface area contributed by atoms with E-state index in [0.717, 1.165) is 5.57 Å². The Kier molecular flexibility index (Phi) is 6.13. The highest BCUT2D eigenvalue weighted by Crippen LogP contribution is 1.93. The van der Waals surface area contributed by atoms with Gasteiger partial charge in [-0.2, -0.15) is 0 Å². The first-order valence-corrected chi connectivity index (χ1v) is 3.24. The Hall–Kier alpha value is -0.600. The molecule has 0 unspecified atom stereocenters. The van der Waals surface area contributed by atoms with Crippen molar-refractivity contribution in [1.29, 1.82) is 0 Å². The number of methoxy groups -OCH3 is 1. The number of aliphatic hydroxyl groups excluding tert-OH is 1. The fourth-order valence-corrected chi connectivity index (χ4v) is 0.521. The molecule has 0 aliphatic rings. The zero-order chi connectivity index (χ0) is 7.82. The standard InChI is InChI=1S/C8H14O2/c1-8(4-3-6-9)5-7-10-2/h3-5,9H,6-7H2,1-2H3/b4-3+,8-5+. The summed E-state index contributed by atoms with van der Waals surface area (Å²) in [5.41, 5.74) is 1.11. The van der Waals surface area contributed by atoms with E-state index < -0.39 is 0 Å². The van der Waals surface area contributed by atoms with Crippen molar-refractivity contribution in [3.63, 3.8) is 0 Å². The molecule has 0 amide bonds. The average Bonchev–Trinajstić information content (AvgIpc) is 1.97. The third kappa shape index (κ3) is 5.54. The molecular weight excluding hydrogens is 128 g/mol. The van der Waals surface area contributed by atoms with Crippen LogP contribution in [0.25, 0.3) is 0 Å². The Morgan fingerprint density at radius 1 is 1.60 bits per heavy atom.